The van der Waals surface area contributed by atoms with Crippen molar-refractivity contribution in [1.29, 1.82) is 0 Å². The zero-order valence-electron chi connectivity index (χ0n) is 14.1. The van der Waals surface area contributed by atoms with Crippen LogP contribution in [0.1, 0.15) is 35.2 Å². The summed E-state index contributed by atoms with van der Waals surface area (Å²) < 4.78 is 0. The molecular formula is C21H22N2O. The Morgan fingerprint density at radius 1 is 1.08 bits per heavy atom. The molecule has 4 rings (SSSR count). The van der Waals surface area contributed by atoms with Crippen molar-refractivity contribution in [2.24, 2.45) is 0 Å². The van der Waals surface area contributed by atoms with Crippen molar-refractivity contribution in [3.8, 4) is 0 Å². The van der Waals surface area contributed by atoms with Crippen LogP contribution < -0.4 is 5.32 Å². The number of benzene rings is 2. The first-order valence-corrected chi connectivity index (χ1v) is 8.52. The molecule has 1 heterocycles. The summed E-state index contributed by atoms with van der Waals surface area (Å²) >= 11 is 0. The molecule has 3 nitrogen and oxygen atoms in total. The van der Waals surface area contributed by atoms with Gasteiger partial charge in [0.25, 0.3) is 0 Å². The average molecular weight is 318 g/mol. The van der Waals surface area contributed by atoms with Gasteiger partial charge in [-0.25, -0.2) is 0 Å². The third-order valence-electron chi connectivity index (χ3n) is 5.26. The maximum Gasteiger partial charge on any atom is 0.231 e. The van der Waals surface area contributed by atoms with Crippen molar-refractivity contribution < 1.29 is 4.79 Å². The molecule has 1 aromatic heterocycles. The van der Waals surface area contributed by atoms with E-state index in [0.717, 1.165) is 24.1 Å². The lowest BCUT2D eigenvalue weighted by atomic mass is 9.92. The van der Waals surface area contributed by atoms with Crippen molar-refractivity contribution in [1.82, 2.24) is 10.3 Å². The lowest BCUT2D eigenvalue weighted by Crippen LogP contribution is -2.34. The number of nitrogens with one attached hydrogen (secondary N) is 2. The number of carbonyl (C=O) groups is 1. The smallest absolute Gasteiger partial charge is 0.231 e. The second-order valence-corrected chi connectivity index (χ2v) is 6.86. The number of hydrogen-bond acceptors (Lipinski definition) is 1. The second-order valence-electron chi connectivity index (χ2n) is 6.86. The molecule has 0 unspecified atom stereocenters. The number of amides is 1. The molecule has 1 aliphatic rings. The van der Waals surface area contributed by atoms with Crippen LogP contribution in [0.15, 0.2) is 48.5 Å². The van der Waals surface area contributed by atoms with Gasteiger partial charge in [-0.3, -0.25) is 4.79 Å². The molecule has 2 N–H and O–H groups in total. The quantitative estimate of drug-likeness (QED) is 0.746. The van der Waals surface area contributed by atoms with Gasteiger partial charge >= 0.3 is 0 Å². The van der Waals surface area contributed by atoms with Crippen LogP contribution in [0.4, 0.5) is 0 Å². The first kappa shape index (κ1) is 15.0. The van der Waals surface area contributed by atoms with Gasteiger partial charge in [-0.1, -0.05) is 42.5 Å². The van der Waals surface area contributed by atoms with Gasteiger partial charge in [-0.05, 0) is 49.4 Å². The lowest BCUT2D eigenvalue weighted by Gasteiger charge is -2.17. The van der Waals surface area contributed by atoms with E-state index in [4.69, 9.17) is 0 Å². The van der Waals surface area contributed by atoms with E-state index in [9.17, 15) is 4.79 Å². The molecule has 24 heavy (non-hydrogen) atoms. The van der Waals surface area contributed by atoms with Gasteiger partial charge < -0.3 is 10.3 Å². The summed E-state index contributed by atoms with van der Waals surface area (Å²) in [5, 5.41) is 4.35. The van der Waals surface area contributed by atoms with Gasteiger partial charge in [0, 0.05) is 23.1 Å². The maximum absolute atomic E-state index is 13.0. The van der Waals surface area contributed by atoms with Gasteiger partial charge in [-0.15, -0.1) is 0 Å². The molecule has 3 heteroatoms. The fraction of sp³-hybridized carbons (Fsp3) is 0.286. The Balaban J connectivity index is 1.62. The van der Waals surface area contributed by atoms with Crippen LogP contribution in [-0.4, -0.2) is 10.9 Å². The van der Waals surface area contributed by atoms with Crippen LogP contribution in [0.2, 0.25) is 0 Å². The standard InChI is InChI=1S/C21H22N2O/c1-14-7-3-4-8-16(14)13-22-20(24)21(11-12-21)19-15(2)23-18-10-6-5-9-17(18)19/h3-10,23H,11-13H2,1-2H3,(H,22,24). The van der Waals surface area contributed by atoms with E-state index in [0.29, 0.717) is 6.54 Å². The SMILES string of the molecule is Cc1ccccc1CNC(=O)C1(c2c(C)[nH]c3ccccc23)CC1. The number of aromatic nitrogens is 1. The van der Waals surface area contributed by atoms with Gasteiger partial charge in [0.1, 0.15) is 0 Å². The first-order chi connectivity index (χ1) is 11.6. The highest BCUT2D eigenvalue weighted by Crippen LogP contribution is 2.52. The van der Waals surface area contributed by atoms with E-state index < -0.39 is 0 Å². The van der Waals surface area contributed by atoms with Gasteiger partial charge in [0.05, 0.1) is 5.41 Å². The average Bonchev–Trinajstić information content (AvgIpc) is 3.30. The van der Waals surface area contributed by atoms with E-state index in [1.165, 1.54) is 22.1 Å². The Labute approximate surface area is 142 Å². The zero-order chi connectivity index (χ0) is 16.7. The van der Waals surface area contributed by atoms with Crippen molar-refractivity contribution in [2.45, 2.75) is 38.6 Å². The number of para-hydroxylation sites is 1. The Morgan fingerprint density at radius 2 is 1.79 bits per heavy atom. The van der Waals surface area contributed by atoms with E-state index in [1.807, 2.05) is 24.3 Å². The van der Waals surface area contributed by atoms with E-state index in [1.54, 1.807) is 0 Å². The molecule has 1 fully saturated rings. The molecule has 2 aromatic carbocycles. The highest BCUT2D eigenvalue weighted by atomic mass is 16.2. The molecule has 0 spiro atoms. The number of aromatic amines is 1. The van der Waals surface area contributed by atoms with Crippen LogP contribution in [0.25, 0.3) is 10.9 Å². The molecular weight excluding hydrogens is 296 g/mol. The lowest BCUT2D eigenvalue weighted by molar-refractivity contribution is -0.123. The van der Waals surface area contributed by atoms with E-state index >= 15 is 0 Å². The normalized spacial score (nSPS) is 15.4. The first-order valence-electron chi connectivity index (χ1n) is 8.52. The van der Waals surface area contributed by atoms with Crippen molar-refractivity contribution in [3.63, 3.8) is 0 Å². The molecule has 1 amide bonds. The summed E-state index contributed by atoms with van der Waals surface area (Å²) in [6.45, 7) is 4.75. The van der Waals surface area contributed by atoms with Crippen molar-refractivity contribution >= 4 is 16.8 Å². The number of carbonyl (C=O) groups excluding carboxylic acids is 1. The zero-order valence-corrected chi connectivity index (χ0v) is 14.1. The number of H-pyrrole nitrogens is 1. The topological polar surface area (TPSA) is 44.9 Å². The predicted molar refractivity (Wildman–Crippen MR) is 97.0 cm³/mol. The Morgan fingerprint density at radius 3 is 2.54 bits per heavy atom. The Hall–Kier alpha value is -2.55. The fourth-order valence-electron chi connectivity index (χ4n) is 3.76. The van der Waals surface area contributed by atoms with Gasteiger partial charge in [0.15, 0.2) is 0 Å². The minimum atomic E-state index is -0.355. The van der Waals surface area contributed by atoms with Crippen LogP contribution in [0.3, 0.4) is 0 Å². The molecule has 0 atom stereocenters. The van der Waals surface area contributed by atoms with Crippen molar-refractivity contribution in [3.05, 3.63) is 70.9 Å². The molecule has 0 aliphatic heterocycles. The summed E-state index contributed by atoms with van der Waals surface area (Å²) in [4.78, 5) is 16.4. The van der Waals surface area contributed by atoms with Crippen LogP contribution in [-0.2, 0) is 16.8 Å². The summed E-state index contributed by atoms with van der Waals surface area (Å²) in [5.41, 5.74) is 5.44. The van der Waals surface area contributed by atoms with Crippen molar-refractivity contribution in [2.75, 3.05) is 0 Å². The minimum absolute atomic E-state index is 0.151. The van der Waals surface area contributed by atoms with E-state index in [-0.39, 0.29) is 11.3 Å². The molecule has 0 bridgehead atoms. The molecule has 122 valence electrons. The fourth-order valence-corrected chi connectivity index (χ4v) is 3.76. The molecule has 3 aromatic rings. The Bertz CT molecular complexity index is 918. The highest BCUT2D eigenvalue weighted by molar-refractivity contribution is 5.98. The number of aryl methyl sites for hydroxylation is 2. The van der Waals surface area contributed by atoms with Crippen LogP contribution in [0.5, 0.6) is 0 Å². The van der Waals surface area contributed by atoms with Crippen LogP contribution in [0, 0.1) is 13.8 Å². The third kappa shape index (κ3) is 2.32. The van der Waals surface area contributed by atoms with E-state index in [2.05, 4.69) is 48.4 Å². The number of fused-ring (bicyclic) bond motifs is 1. The minimum Gasteiger partial charge on any atom is -0.358 e. The molecule has 1 saturated carbocycles. The summed E-state index contributed by atoms with van der Waals surface area (Å²) in [5.74, 6) is 0.151. The van der Waals surface area contributed by atoms with Gasteiger partial charge in [-0.2, -0.15) is 0 Å². The summed E-state index contributed by atoms with van der Waals surface area (Å²) in [6, 6.07) is 16.5. The third-order valence-corrected chi connectivity index (χ3v) is 5.26. The number of rotatable bonds is 4. The van der Waals surface area contributed by atoms with Gasteiger partial charge in [0.2, 0.25) is 5.91 Å². The summed E-state index contributed by atoms with van der Waals surface area (Å²) in [6.07, 6.45) is 1.85. The predicted octanol–water partition coefficient (Wildman–Crippen LogP) is 4.13. The Kier molecular flexibility index (Phi) is 3.45. The monoisotopic (exact) mass is 318 g/mol. The van der Waals surface area contributed by atoms with Crippen LogP contribution >= 0.6 is 0 Å². The maximum atomic E-state index is 13.0. The largest absolute Gasteiger partial charge is 0.358 e. The highest BCUT2D eigenvalue weighted by Gasteiger charge is 2.53. The molecule has 0 saturated heterocycles. The molecule has 0 radical (unpaired) electrons. The molecule has 1 aliphatic carbocycles. The summed E-state index contributed by atoms with van der Waals surface area (Å²) in [7, 11) is 0. The second kappa shape index (κ2) is 5.52. The number of hydrogen-bond donors (Lipinski definition) is 2.